The van der Waals surface area contributed by atoms with Gasteiger partial charge in [-0.2, -0.15) is 5.26 Å². The summed E-state index contributed by atoms with van der Waals surface area (Å²) in [6.07, 6.45) is 1.44. The first-order valence-corrected chi connectivity index (χ1v) is 12.0. The van der Waals surface area contributed by atoms with Gasteiger partial charge in [-0.25, -0.2) is 0 Å². The van der Waals surface area contributed by atoms with E-state index in [1.165, 1.54) is 6.08 Å². The van der Waals surface area contributed by atoms with Crippen LogP contribution in [0.1, 0.15) is 5.56 Å². The minimum atomic E-state index is -0.561. The Bertz CT molecular complexity index is 1280. The van der Waals surface area contributed by atoms with Crippen LogP contribution in [0, 0.1) is 11.3 Å². The van der Waals surface area contributed by atoms with Gasteiger partial charge in [-0.1, -0.05) is 35.3 Å². The van der Waals surface area contributed by atoms with Crippen molar-refractivity contribution in [1.29, 1.82) is 5.26 Å². The Hall–Kier alpha value is -2.83. The van der Waals surface area contributed by atoms with E-state index in [9.17, 15) is 14.9 Å². The number of nitrogens with zero attached hydrogens (tertiary/aromatic N) is 1. The summed E-state index contributed by atoms with van der Waals surface area (Å²) >= 11 is 18.7. The summed E-state index contributed by atoms with van der Waals surface area (Å²) in [5, 5.41) is 15.7. The highest BCUT2D eigenvalue weighted by Crippen LogP contribution is 2.35. The van der Waals surface area contributed by atoms with Crippen molar-refractivity contribution < 1.29 is 14.3 Å². The molecule has 0 aliphatic carbocycles. The minimum Gasteiger partial charge on any atom is -0.481 e. The van der Waals surface area contributed by atoms with Gasteiger partial charge in [-0.15, -0.1) is 0 Å². The van der Waals surface area contributed by atoms with E-state index < -0.39 is 5.91 Å². The van der Waals surface area contributed by atoms with Gasteiger partial charge in [0.15, 0.2) is 6.61 Å². The molecule has 3 aromatic rings. The maximum Gasteiger partial charge on any atom is 0.266 e. The maximum absolute atomic E-state index is 12.5. The number of anilines is 2. The van der Waals surface area contributed by atoms with Gasteiger partial charge in [-0.05, 0) is 92.0 Å². The normalized spacial score (nSPS) is 10.9. The molecule has 0 saturated carbocycles. The van der Waals surface area contributed by atoms with Crippen molar-refractivity contribution in [3.63, 3.8) is 0 Å². The first kappa shape index (κ1) is 25.8. The van der Waals surface area contributed by atoms with Crippen molar-refractivity contribution in [3.8, 4) is 11.8 Å². The molecule has 172 valence electrons. The fourth-order valence-electron chi connectivity index (χ4n) is 2.73. The number of hydrogen-bond acceptors (Lipinski definition) is 4. The van der Waals surface area contributed by atoms with Gasteiger partial charge in [0, 0.05) is 10.7 Å². The number of ether oxygens (including phenoxy) is 1. The number of para-hydroxylation sites is 1. The molecule has 0 aromatic heterocycles. The molecule has 10 heteroatoms. The van der Waals surface area contributed by atoms with Crippen molar-refractivity contribution in [3.05, 3.63) is 90.8 Å². The van der Waals surface area contributed by atoms with E-state index in [-0.39, 0.29) is 18.1 Å². The van der Waals surface area contributed by atoms with Crippen molar-refractivity contribution in [1.82, 2.24) is 0 Å². The fraction of sp³-hybridized carbons (Fsp3) is 0.0417. The molecular formula is C24H15Br2Cl2N3O3. The molecule has 0 fully saturated rings. The van der Waals surface area contributed by atoms with Gasteiger partial charge in [0.05, 0.1) is 19.7 Å². The van der Waals surface area contributed by atoms with Crippen molar-refractivity contribution in [2.75, 3.05) is 17.2 Å². The lowest BCUT2D eigenvalue weighted by Gasteiger charge is -2.12. The fourth-order valence-corrected chi connectivity index (χ4v) is 4.49. The van der Waals surface area contributed by atoms with Crippen molar-refractivity contribution in [2.24, 2.45) is 0 Å². The van der Waals surface area contributed by atoms with Gasteiger partial charge in [0.25, 0.3) is 11.8 Å². The van der Waals surface area contributed by atoms with E-state index in [4.69, 9.17) is 27.9 Å². The highest BCUT2D eigenvalue weighted by molar-refractivity contribution is 9.11. The largest absolute Gasteiger partial charge is 0.481 e. The monoisotopic (exact) mass is 621 g/mol. The number of carbonyl (C=O) groups is 2. The number of benzene rings is 3. The van der Waals surface area contributed by atoms with Crippen LogP contribution < -0.4 is 15.4 Å². The summed E-state index contributed by atoms with van der Waals surface area (Å²) in [6.45, 7) is -0.259. The molecule has 0 aliphatic heterocycles. The Kier molecular flexibility index (Phi) is 9.13. The zero-order valence-corrected chi connectivity index (χ0v) is 21.9. The van der Waals surface area contributed by atoms with Crippen LogP contribution in [0.25, 0.3) is 6.08 Å². The van der Waals surface area contributed by atoms with Crippen LogP contribution in [0.3, 0.4) is 0 Å². The number of nitriles is 1. The van der Waals surface area contributed by atoms with Gasteiger partial charge < -0.3 is 15.4 Å². The molecular weight excluding hydrogens is 609 g/mol. The quantitative estimate of drug-likeness (QED) is 0.217. The molecule has 0 heterocycles. The molecule has 0 bridgehead atoms. The number of hydrogen-bond donors (Lipinski definition) is 2. The number of amides is 2. The number of rotatable bonds is 7. The Morgan fingerprint density at radius 2 is 1.65 bits per heavy atom. The topological polar surface area (TPSA) is 91.2 Å². The summed E-state index contributed by atoms with van der Waals surface area (Å²) in [5.41, 5.74) is 1.46. The zero-order chi connectivity index (χ0) is 24.7. The highest BCUT2D eigenvalue weighted by Gasteiger charge is 2.14. The van der Waals surface area contributed by atoms with Gasteiger partial charge in [0.2, 0.25) is 0 Å². The van der Waals surface area contributed by atoms with Gasteiger partial charge >= 0.3 is 0 Å². The molecule has 0 unspecified atom stereocenters. The molecule has 0 saturated heterocycles. The summed E-state index contributed by atoms with van der Waals surface area (Å²) in [4.78, 5) is 24.7. The van der Waals surface area contributed by atoms with Crippen LogP contribution >= 0.6 is 55.1 Å². The minimum absolute atomic E-state index is 0.0958. The Morgan fingerprint density at radius 1 is 1.00 bits per heavy atom. The zero-order valence-electron chi connectivity index (χ0n) is 17.2. The first-order chi connectivity index (χ1) is 16.3. The third-order valence-corrected chi connectivity index (χ3v) is 6.05. The third-order valence-electron chi connectivity index (χ3n) is 4.29. The molecule has 3 aromatic carbocycles. The third kappa shape index (κ3) is 7.08. The summed E-state index contributed by atoms with van der Waals surface area (Å²) in [6, 6.07) is 18.6. The van der Waals surface area contributed by atoms with Crippen LogP contribution in [0.4, 0.5) is 11.4 Å². The van der Waals surface area contributed by atoms with Gasteiger partial charge in [0.1, 0.15) is 17.4 Å². The second-order valence-corrected chi connectivity index (χ2v) is 9.31. The summed E-state index contributed by atoms with van der Waals surface area (Å²) in [5.74, 6) is -0.564. The van der Waals surface area contributed by atoms with E-state index in [1.54, 1.807) is 60.7 Å². The van der Waals surface area contributed by atoms with Crippen LogP contribution in [-0.2, 0) is 9.59 Å². The predicted octanol–water partition coefficient (Wildman–Crippen LogP) is 7.08. The second-order valence-electron chi connectivity index (χ2n) is 6.76. The van der Waals surface area contributed by atoms with Gasteiger partial charge in [-0.3, -0.25) is 9.59 Å². The average molecular weight is 624 g/mol. The number of halogens is 4. The number of carbonyl (C=O) groups excluding carboxylic acids is 2. The SMILES string of the molecule is N#C/C(=C/c1cc(Br)c(OCC(=O)Nc2ccccc2Cl)c(Br)c1)C(=O)Nc1ccc(Cl)cc1. The molecule has 2 N–H and O–H groups in total. The molecule has 0 atom stereocenters. The average Bonchev–Trinajstić information content (AvgIpc) is 2.80. The second kappa shape index (κ2) is 12.0. The molecule has 0 aliphatic rings. The van der Waals surface area contributed by atoms with Crippen LogP contribution in [0.5, 0.6) is 5.75 Å². The molecule has 0 spiro atoms. The smallest absolute Gasteiger partial charge is 0.266 e. The van der Waals surface area contributed by atoms with Crippen LogP contribution in [0.15, 0.2) is 75.2 Å². The first-order valence-electron chi connectivity index (χ1n) is 9.61. The summed E-state index contributed by atoms with van der Waals surface area (Å²) < 4.78 is 6.68. The molecule has 6 nitrogen and oxygen atoms in total. The molecule has 2 amide bonds. The van der Waals surface area contributed by atoms with E-state index in [2.05, 4.69) is 42.5 Å². The highest BCUT2D eigenvalue weighted by atomic mass is 79.9. The molecule has 34 heavy (non-hydrogen) atoms. The lowest BCUT2D eigenvalue weighted by atomic mass is 10.1. The Balaban J connectivity index is 1.69. The molecule has 3 rings (SSSR count). The van der Waals surface area contributed by atoms with Crippen molar-refractivity contribution >= 4 is 84.3 Å². The Labute approximate surface area is 222 Å². The Morgan fingerprint density at radius 3 is 2.26 bits per heavy atom. The maximum atomic E-state index is 12.5. The summed E-state index contributed by atoms with van der Waals surface area (Å²) in [7, 11) is 0. The lowest BCUT2D eigenvalue weighted by molar-refractivity contribution is -0.118. The molecule has 0 radical (unpaired) electrons. The predicted molar refractivity (Wildman–Crippen MR) is 141 cm³/mol. The van der Waals surface area contributed by atoms with Crippen LogP contribution in [0.2, 0.25) is 10.0 Å². The number of nitrogens with one attached hydrogen (secondary N) is 2. The van der Waals surface area contributed by atoms with E-state index in [0.29, 0.717) is 41.7 Å². The van der Waals surface area contributed by atoms with Crippen molar-refractivity contribution in [2.45, 2.75) is 0 Å². The lowest BCUT2D eigenvalue weighted by Crippen LogP contribution is -2.20. The van der Waals surface area contributed by atoms with Crippen LogP contribution in [-0.4, -0.2) is 18.4 Å². The van der Waals surface area contributed by atoms with E-state index in [0.717, 1.165) is 0 Å². The van der Waals surface area contributed by atoms with E-state index >= 15 is 0 Å². The standard InChI is InChI=1S/C24H15Br2Cl2N3O3/c25-18-10-14(9-15(12-29)24(33)30-17-7-5-16(27)6-8-17)11-19(26)23(18)34-13-22(32)31-21-4-2-1-3-20(21)28/h1-11H,13H2,(H,30,33)(H,31,32)/b15-9-. The van der Waals surface area contributed by atoms with E-state index in [1.807, 2.05) is 6.07 Å².